The van der Waals surface area contributed by atoms with Crippen molar-refractivity contribution in [2.24, 2.45) is 0 Å². The largest absolute Gasteiger partial charge is 0.383 e. The van der Waals surface area contributed by atoms with Crippen LogP contribution in [0, 0.1) is 0 Å². The van der Waals surface area contributed by atoms with Gasteiger partial charge in [0.25, 0.3) is 0 Å². The van der Waals surface area contributed by atoms with Gasteiger partial charge in [0.15, 0.2) is 9.84 Å². The van der Waals surface area contributed by atoms with E-state index in [1.165, 1.54) is 0 Å². The molecule has 0 atom stereocenters. The number of hydrogen-bond donors (Lipinski definition) is 1. The first-order valence-corrected chi connectivity index (χ1v) is 7.71. The summed E-state index contributed by atoms with van der Waals surface area (Å²) in [4.78, 5) is 2.15. The molecule has 0 radical (unpaired) electrons. The van der Waals surface area contributed by atoms with E-state index in [1.54, 1.807) is 21.0 Å². The molecular weight excluding hydrogens is 240 g/mol. The Bertz CT molecular complexity index is 278. The fourth-order valence-corrected chi connectivity index (χ4v) is 2.10. The number of nitrogens with one attached hydrogen (secondary N) is 1. The monoisotopic (exact) mass is 266 g/mol. The van der Waals surface area contributed by atoms with E-state index in [0.717, 1.165) is 26.2 Å². The summed E-state index contributed by atoms with van der Waals surface area (Å²) in [5, 5.41) is 2.86. The molecule has 104 valence electrons. The number of ether oxygens (including phenoxy) is 1. The fourth-order valence-electron chi connectivity index (χ4n) is 1.20. The third kappa shape index (κ3) is 8.54. The fraction of sp³-hybridized carbons (Fsp3) is 1.00. The van der Waals surface area contributed by atoms with Crippen molar-refractivity contribution in [3.05, 3.63) is 0 Å². The van der Waals surface area contributed by atoms with Crippen LogP contribution in [-0.2, 0) is 14.6 Å². The molecule has 0 rings (SSSR count). The summed E-state index contributed by atoms with van der Waals surface area (Å²) in [5.41, 5.74) is 0. The van der Waals surface area contributed by atoms with Crippen LogP contribution in [0.2, 0.25) is 0 Å². The predicted octanol–water partition coefficient (Wildman–Crippen LogP) is -0.0226. The molecule has 0 aliphatic carbocycles. The van der Waals surface area contributed by atoms with Crippen LogP contribution in [0.25, 0.3) is 0 Å². The van der Waals surface area contributed by atoms with Gasteiger partial charge in [0.05, 0.1) is 17.6 Å². The highest BCUT2D eigenvalue weighted by Crippen LogP contribution is 1.98. The molecule has 0 aliphatic heterocycles. The molecule has 0 fully saturated rings. The summed E-state index contributed by atoms with van der Waals surface area (Å²) >= 11 is 0. The minimum absolute atomic E-state index is 0.215. The number of methoxy groups -OCH3 is 1. The van der Waals surface area contributed by atoms with E-state index in [2.05, 4.69) is 10.2 Å². The van der Waals surface area contributed by atoms with E-state index in [4.69, 9.17) is 4.74 Å². The van der Waals surface area contributed by atoms with Gasteiger partial charge in [-0.25, -0.2) is 8.42 Å². The third-order valence-electron chi connectivity index (χ3n) is 2.63. The van der Waals surface area contributed by atoms with Gasteiger partial charge in [0.1, 0.15) is 0 Å². The summed E-state index contributed by atoms with van der Waals surface area (Å²) in [6, 6.07) is 0. The second kappa shape index (κ2) is 8.85. The number of nitrogens with zero attached hydrogens (tertiary/aromatic N) is 1. The summed E-state index contributed by atoms with van der Waals surface area (Å²) in [6.07, 6.45) is 0. The lowest BCUT2D eigenvalue weighted by Gasteiger charge is -2.16. The van der Waals surface area contributed by atoms with Crippen LogP contribution in [-0.4, -0.2) is 71.3 Å². The molecule has 5 nitrogen and oxygen atoms in total. The van der Waals surface area contributed by atoms with Crippen molar-refractivity contribution in [1.29, 1.82) is 0 Å². The van der Waals surface area contributed by atoms with Gasteiger partial charge in [-0.15, -0.1) is 0 Å². The second-order valence-electron chi connectivity index (χ2n) is 4.46. The Balaban J connectivity index is 3.53. The van der Waals surface area contributed by atoms with Crippen LogP contribution >= 0.6 is 0 Å². The van der Waals surface area contributed by atoms with Gasteiger partial charge in [-0.05, 0) is 20.9 Å². The van der Waals surface area contributed by atoms with Crippen LogP contribution in [0.1, 0.15) is 13.8 Å². The van der Waals surface area contributed by atoms with Crippen molar-refractivity contribution in [3.63, 3.8) is 0 Å². The van der Waals surface area contributed by atoms with Crippen molar-refractivity contribution < 1.29 is 13.2 Å². The molecular formula is C11H26N2O3S. The topological polar surface area (TPSA) is 58.6 Å². The molecule has 0 saturated carbocycles. The molecule has 0 aliphatic rings. The van der Waals surface area contributed by atoms with Crippen LogP contribution in [0.5, 0.6) is 0 Å². The minimum Gasteiger partial charge on any atom is -0.383 e. The average Bonchev–Trinajstić information content (AvgIpc) is 2.25. The Kier molecular flexibility index (Phi) is 8.77. The maximum atomic E-state index is 11.5. The van der Waals surface area contributed by atoms with Crippen molar-refractivity contribution in [1.82, 2.24) is 10.2 Å². The van der Waals surface area contributed by atoms with Gasteiger partial charge in [-0.1, -0.05) is 0 Å². The summed E-state index contributed by atoms with van der Waals surface area (Å²) in [5.74, 6) is 0.215. The number of hydrogen-bond acceptors (Lipinski definition) is 5. The predicted molar refractivity (Wildman–Crippen MR) is 71.2 cm³/mol. The highest BCUT2D eigenvalue weighted by Gasteiger charge is 2.14. The lowest BCUT2D eigenvalue weighted by Crippen LogP contribution is -2.34. The Hall–Kier alpha value is -0.170. The lowest BCUT2D eigenvalue weighted by molar-refractivity contribution is 0.161. The molecule has 6 heteroatoms. The van der Waals surface area contributed by atoms with Crippen LogP contribution < -0.4 is 5.32 Å². The van der Waals surface area contributed by atoms with Crippen LogP contribution in [0.4, 0.5) is 0 Å². The Morgan fingerprint density at radius 1 is 1.24 bits per heavy atom. The smallest absolute Gasteiger partial charge is 0.153 e. The van der Waals surface area contributed by atoms with E-state index in [9.17, 15) is 8.42 Å². The van der Waals surface area contributed by atoms with Gasteiger partial charge in [-0.3, -0.25) is 0 Å². The summed E-state index contributed by atoms with van der Waals surface area (Å²) in [7, 11) is 0.794. The summed E-state index contributed by atoms with van der Waals surface area (Å²) < 4.78 is 28.0. The van der Waals surface area contributed by atoms with Crippen molar-refractivity contribution in [2.75, 3.05) is 52.7 Å². The average molecular weight is 266 g/mol. The van der Waals surface area contributed by atoms with Gasteiger partial charge in [0.2, 0.25) is 0 Å². The minimum atomic E-state index is -2.91. The number of sulfone groups is 1. The zero-order valence-corrected chi connectivity index (χ0v) is 12.2. The van der Waals surface area contributed by atoms with Crippen molar-refractivity contribution in [3.8, 4) is 0 Å². The van der Waals surface area contributed by atoms with Gasteiger partial charge < -0.3 is 15.0 Å². The molecule has 0 aromatic heterocycles. The highest BCUT2D eigenvalue weighted by atomic mass is 32.2. The molecule has 0 heterocycles. The maximum absolute atomic E-state index is 11.5. The van der Waals surface area contributed by atoms with E-state index in [-0.39, 0.29) is 11.0 Å². The van der Waals surface area contributed by atoms with E-state index >= 15 is 0 Å². The third-order valence-corrected chi connectivity index (χ3v) is 4.84. The summed E-state index contributed by atoms with van der Waals surface area (Å²) in [6.45, 7) is 7.26. The maximum Gasteiger partial charge on any atom is 0.153 e. The SMILES string of the molecule is COCCN(C)CCNCCS(=O)(=O)C(C)C. The van der Waals surface area contributed by atoms with Gasteiger partial charge in [0, 0.05) is 33.3 Å². The second-order valence-corrected chi connectivity index (χ2v) is 7.14. The Morgan fingerprint density at radius 3 is 2.41 bits per heavy atom. The van der Waals surface area contributed by atoms with Crippen molar-refractivity contribution in [2.45, 2.75) is 19.1 Å². The number of rotatable bonds is 10. The molecule has 0 spiro atoms. The molecule has 0 amide bonds. The Labute approximate surface area is 105 Å². The zero-order chi connectivity index (χ0) is 13.3. The van der Waals surface area contributed by atoms with E-state index in [1.807, 2.05) is 7.05 Å². The lowest BCUT2D eigenvalue weighted by atomic mass is 10.5. The molecule has 0 bridgehead atoms. The molecule has 0 aromatic rings. The van der Waals surface area contributed by atoms with Crippen molar-refractivity contribution >= 4 is 9.84 Å². The van der Waals surface area contributed by atoms with Crippen LogP contribution in [0.15, 0.2) is 0 Å². The molecule has 0 unspecified atom stereocenters. The Morgan fingerprint density at radius 2 is 1.88 bits per heavy atom. The van der Waals surface area contributed by atoms with Gasteiger partial charge in [-0.2, -0.15) is 0 Å². The first kappa shape index (κ1) is 16.8. The molecule has 1 N–H and O–H groups in total. The van der Waals surface area contributed by atoms with E-state index in [0.29, 0.717) is 6.54 Å². The quantitative estimate of drug-likeness (QED) is 0.563. The first-order valence-electron chi connectivity index (χ1n) is 6.00. The van der Waals surface area contributed by atoms with Gasteiger partial charge >= 0.3 is 0 Å². The zero-order valence-electron chi connectivity index (χ0n) is 11.4. The standard InChI is InChI=1S/C11H26N2O3S/c1-11(2)17(14,15)10-6-12-5-7-13(3)8-9-16-4/h11-12H,5-10H2,1-4H3. The normalized spacial score (nSPS) is 12.6. The van der Waals surface area contributed by atoms with Crippen LogP contribution in [0.3, 0.4) is 0 Å². The first-order chi connectivity index (χ1) is 7.90. The molecule has 17 heavy (non-hydrogen) atoms. The van der Waals surface area contributed by atoms with E-state index < -0.39 is 9.84 Å². The molecule has 0 saturated heterocycles. The highest BCUT2D eigenvalue weighted by molar-refractivity contribution is 7.92. The molecule has 0 aromatic carbocycles. The number of likely N-dealkylation sites (N-methyl/N-ethyl adjacent to an activating group) is 1.